The van der Waals surface area contributed by atoms with Gasteiger partial charge in [-0.1, -0.05) is 31.0 Å². The van der Waals surface area contributed by atoms with Crippen LogP contribution in [0.4, 0.5) is 0 Å². The van der Waals surface area contributed by atoms with Crippen LogP contribution in [0.1, 0.15) is 32.6 Å². The van der Waals surface area contributed by atoms with Crippen LogP contribution in [0.2, 0.25) is 0 Å². The third-order valence-corrected chi connectivity index (χ3v) is 5.60. The summed E-state index contributed by atoms with van der Waals surface area (Å²) < 4.78 is 5.76. The molecule has 1 unspecified atom stereocenters. The highest BCUT2D eigenvalue weighted by Gasteiger charge is 2.35. The van der Waals surface area contributed by atoms with E-state index in [1.54, 1.807) is 0 Å². The van der Waals surface area contributed by atoms with Crippen molar-refractivity contribution in [3.8, 4) is 5.75 Å². The van der Waals surface area contributed by atoms with Crippen molar-refractivity contribution in [1.82, 2.24) is 15.1 Å². The number of piperazine rings is 1. The highest BCUT2D eigenvalue weighted by atomic mass is 16.5. The average Bonchev–Trinajstić information content (AvgIpc) is 3.21. The molecule has 1 aliphatic carbocycles. The summed E-state index contributed by atoms with van der Waals surface area (Å²) in [6, 6.07) is 9.48. The Morgan fingerprint density at radius 1 is 1.11 bits per heavy atom. The van der Waals surface area contributed by atoms with Crippen molar-refractivity contribution in [2.75, 3.05) is 39.3 Å². The predicted molar refractivity (Wildman–Crippen MR) is 105 cm³/mol. The second-order valence-corrected chi connectivity index (χ2v) is 7.55. The highest BCUT2D eigenvalue weighted by Crippen LogP contribution is 2.28. The lowest BCUT2D eigenvalue weighted by Crippen LogP contribution is -2.56. The Labute approximate surface area is 161 Å². The quantitative estimate of drug-likeness (QED) is 0.793. The van der Waals surface area contributed by atoms with Gasteiger partial charge in [-0.15, -0.1) is 0 Å². The molecule has 1 aromatic rings. The number of rotatable bonds is 7. The number of amides is 2. The molecule has 148 valence electrons. The first kappa shape index (κ1) is 19.7. The molecule has 0 radical (unpaired) electrons. The summed E-state index contributed by atoms with van der Waals surface area (Å²) >= 11 is 0. The molecule has 2 amide bonds. The van der Waals surface area contributed by atoms with Gasteiger partial charge in [0.1, 0.15) is 18.4 Å². The molecule has 1 saturated heterocycles. The second kappa shape index (κ2) is 9.74. The van der Waals surface area contributed by atoms with Gasteiger partial charge in [-0.3, -0.25) is 14.5 Å². The van der Waals surface area contributed by atoms with Crippen molar-refractivity contribution in [2.24, 2.45) is 5.92 Å². The standard InChI is InChI=1S/C21H31N3O3/c1-17(25)22-20(18-7-5-6-8-18)21(26)24-13-11-23(12-14-24)15-16-27-19-9-3-2-4-10-19/h2-4,9-10,18,20H,5-8,11-16H2,1H3,(H,22,25). The smallest absolute Gasteiger partial charge is 0.245 e. The lowest BCUT2D eigenvalue weighted by Gasteiger charge is -2.37. The number of benzene rings is 1. The van der Waals surface area contributed by atoms with Gasteiger partial charge in [-0.2, -0.15) is 0 Å². The molecule has 1 N–H and O–H groups in total. The van der Waals surface area contributed by atoms with E-state index in [0.29, 0.717) is 25.6 Å². The zero-order chi connectivity index (χ0) is 19.1. The molecule has 0 aromatic heterocycles. The third-order valence-electron chi connectivity index (χ3n) is 5.60. The fraction of sp³-hybridized carbons (Fsp3) is 0.619. The van der Waals surface area contributed by atoms with Gasteiger partial charge in [0.2, 0.25) is 11.8 Å². The zero-order valence-corrected chi connectivity index (χ0v) is 16.2. The minimum Gasteiger partial charge on any atom is -0.492 e. The Morgan fingerprint density at radius 2 is 1.78 bits per heavy atom. The lowest BCUT2D eigenvalue weighted by molar-refractivity contribution is -0.139. The lowest BCUT2D eigenvalue weighted by atomic mass is 9.96. The van der Waals surface area contributed by atoms with Crippen LogP contribution in [0.3, 0.4) is 0 Å². The maximum atomic E-state index is 13.0. The maximum absolute atomic E-state index is 13.0. The molecule has 2 fully saturated rings. The SMILES string of the molecule is CC(=O)NC(C(=O)N1CCN(CCOc2ccccc2)CC1)C1CCCC1. The molecule has 2 aliphatic rings. The molecule has 1 aliphatic heterocycles. The van der Waals surface area contributed by atoms with Crippen LogP contribution >= 0.6 is 0 Å². The molecule has 6 heteroatoms. The highest BCUT2D eigenvalue weighted by molar-refractivity contribution is 5.87. The van der Waals surface area contributed by atoms with E-state index >= 15 is 0 Å². The van der Waals surface area contributed by atoms with Gasteiger partial charge in [0, 0.05) is 39.6 Å². The molecular formula is C21H31N3O3. The summed E-state index contributed by atoms with van der Waals surface area (Å²) in [4.78, 5) is 28.8. The van der Waals surface area contributed by atoms with Crippen molar-refractivity contribution in [3.05, 3.63) is 30.3 Å². The van der Waals surface area contributed by atoms with Gasteiger partial charge >= 0.3 is 0 Å². The normalized spacial score (nSPS) is 19.7. The Morgan fingerprint density at radius 3 is 2.41 bits per heavy atom. The molecule has 6 nitrogen and oxygen atoms in total. The molecule has 0 spiro atoms. The van der Waals surface area contributed by atoms with E-state index in [1.807, 2.05) is 35.2 Å². The van der Waals surface area contributed by atoms with E-state index < -0.39 is 0 Å². The van der Waals surface area contributed by atoms with Gasteiger partial charge in [0.05, 0.1) is 0 Å². The van der Waals surface area contributed by atoms with Crippen molar-refractivity contribution in [1.29, 1.82) is 0 Å². The first-order chi connectivity index (χ1) is 13.1. The Bertz CT molecular complexity index is 608. The Balaban J connectivity index is 1.44. The number of ether oxygens (including phenoxy) is 1. The Kier molecular flexibility index (Phi) is 7.10. The number of nitrogens with zero attached hydrogens (tertiary/aromatic N) is 2. The van der Waals surface area contributed by atoms with E-state index in [2.05, 4.69) is 10.2 Å². The molecule has 27 heavy (non-hydrogen) atoms. The van der Waals surface area contributed by atoms with E-state index in [9.17, 15) is 9.59 Å². The molecule has 1 atom stereocenters. The summed E-state index contributed by atoms with van der Waals surface area (Å²) in [5, 5.41) is 2.92. The maximum Gasteiger partial charge on any atom is 0.245 e. The van der Waals surface area contributed by atoms with Crippen LogP contribution in [-0.2, 0) is 9.59 Å². The summed E-state index contributed by atoms with van der Waals surface area (Å²) in [6.07, 6.45) is 4.38. The van der Waals surface area contributed by atoms with Crippen LogP contribution in [0, 0.1) is 5.92 Å². The number of hydrogen-bond acceptors (Lipinski definition) is 4. The van der Waals surface area contributed by atoms with E-state index in [-0.39, 0.29) is 17.9 Å². The van der Waals surface area contributed by atoms with Crippen molar-refractivity contribution < 1.29 is 14.3 Å². The fourth-order valence-electron chi connectivity index (χ4n) is 4.09. The number of hydrogen-bond donors (Lipinski definition) is 1. The summed E-state index contributed by atoms with van der Waals surface area (Å²) in [5.74, 6) is 1.16. The largest absolute Gasteiger partial charge is 0.492 e. The average molecular weight is 373 g/mol. The molecule has 1 aromatic carbocycles. The van der Waals surface area contributed by atoms with Gasteiger partial charge in [0.25, 0.3) is 0 Å². The summed E-state index contributed by atoms with van der Waals surface area (Å²) in [5.41, 5.74) is 0. The topological polar surface area (TPSA) is 61.9 Å². The minimum atomic E-state index is -0.349. The van der Waals surface area contributed by atoms with Gasteiger partial charge in [0.15, 0.2) is 0 Å². The Hall–Kier alpha value is -2.08. The second-order valence-electron chi connectivity index (χ2n) is 7.55. The van der Waals surface area contributed by atoms with Crippen LogP contribution in [0.5, 0.6) is 5.75 Å². The van der Waals surface area contributed by atoms with Crippen LogP contribution in [0.25, 0.3) is 0 Å². The van der Waals surface area contributed by atoms with Crippen LogP contribution in [0.15, 0.2) is 30.3 Å². The number of para-hydroxylation sites is 1. The minimum absolute atomic E-state index is 0.0947. The number of carbonyl (C=O) groups is 2. The van der Waals surface area contributed by atoms with E-state index in [0.717, 1.165) is 51.1 Å². The number of carbonyl (C=O) groups excluding carboxylic acids is 2. The predicted octanol–water partition coefficient (Wildman–Crippen LogP) is 1.90. The molecular weight excluding hydrogens is 342 g/mol. The van der Waals surface area contributed by atoms with Crippen molar-refractivity contribution >= 4 is 11.8 Å². The van der Waals surface area contributed by atoms with E-state index in [4.69, 9.17) is 4.74 Å². The van der Waals surface area contributed by atoms with Crippen LogP contribution in [-0.4, -0.2) is 67.0 Å². The molecule has 0 bridgehead atoms. The summed E-state index contributed by atoms with van der Waals surface area (Å²) in [7, 11) is 0. The van der Waals surface area contributed by atoms with Gasteiger partial charge in [-0.05, 0) is 30.9 Å². The zero-order valence-electron chi connectivity index (χ0n) is 16.2. The van der Waals surface area contributed by atoms with Crippen LogP contribution < -0.4 is 10.1 Å². The van der Waals surface area contributed by atoms with Gasteiger partial charge < -0.3 is 15.0 Å². The molecule has 1 heterocycles. The summed E-state index contributed by atoms with van der Waals surface area (Å²) in [6.45, 7) is 6.13. The monoisotopic (exact) mass is 373 g/mol. The molecule has 3 rings (SSSR count). The fourth-order valence-corrected chi connectivity index (χ4v) is 4.09. The number of nitrogens with one attached hydrogen (secondary N) is 1. The van der Waals surface area contributed by atoms with Crippen molar-refractivity contribution in [3.63, 3.8) is 0 Å². The van der Waals surface area contributed by atoms with E-state index in [1.165, 1.54) is 6.92 Å². The van der Waals surface area contributed by atoms with Crippen molar-refractivity contribution in [2.45, 2.75) is 38.6 Å². The first-order valence-corrected chi connectivity index (χ1v) is 10.1. The molecule has 1 saturated carbocycles. The first-order valence-electron chi connectivity index (χ1n) is 10.1. The third kappa shape index (κ3) is 5.70. The van der Waals surface area contributed by atoms with Gasteiger partial charge in [-0.25, -0.2) is 0 Å².